The van der Waals surface area contributed by atoms with Gasteiger partial charge >= 0.3 is 6.03 Å². The van der Waals surface area contributed by atoms with E-state index in [0.29, 0.717) is 21.3 Å². The normalized spacial score (nSPS) is 28.1. The maximum absolute atomic E-state index is 13.7. The van der Waals surface area contributed by atoms with Crippen LogP contribution in [-0.4, -0.2) is 22.4 Å². The molecule has 6 nitrogen and oxygen atoms in total. The summed E-state index contributed by atoms with van der Waals surface area (Å²) in [5, 5.41) is 3.25. The van der Waals surface area contributed by atoms with Gasteiger partial charge in [0.25, 0.3) is 11.8 Å². The van der Waals surface area contributed by atoms with E-state index in [0.717, 1.165) is 39.7 Å². The highest BCUT2D eigenvalue weighted by Gasteiger charge is 2.51. The molecule has 0 atom stereocenters. The number of amides is 4. The van der Waals surface area contributed by atoms with Gasteiger partial charge in [0.15, 0.2) is 0 Å². The second-order valence-electron chi connectivity index (χ2n) is 12.5. The molecule has 1 N–H and O–H groups in total. The van der Waals surface area contributed by atoms with Gasteiger partial charge in [0.2, 0.25) is 0 Å². The first-order valence-corrected chi connectivity index (χ1v) is 15.0. The van der Waals surface area contributed by atoms with E-state index < -0.39 is 17.8 Å². The van der Waals surface area contributed by atoms with Crippen LogP contribution in [0.5, 0.6) is 0 Å². The monoisotopic (exact) mass is 587 g/mol. The topological polar surface area (TPSA) is 71.4 Å². The van der Waals surface area contributed by atoms with Crippen molar-refractivity contribution in [2.75, 3.05) is 4.90 Å². The zero-order valence-corrected chi connectivity index (χ0v) is 24.6. The summed E-state index contributed by atoms with van der Waals surface area (Å²) in [5.74, 6) is 1.13. The van der Waals surface area contributed by atoms with Crippen LogP contribution in [-0.2, 0) is 15.0 Å². The lowest BCUT2D eigenvalue weighted by molar-refractivity contribution is -0.122. The molecule has 2 aromatic carbocycles. The van der Waals surface area contributed by atoms with Crippen molar-refractivity contribution in [3.8, 4) is 5.69 Å². The number of benzene rings is 2. The summed E-state index contributed by atoms with van der Waals surface area (Å²) in [4.78, 5) is 40.5. The molecular weight excluding hydrogens is 557 g/mol. The van der Waals surface area contributed by atoms with E-state index in [1.165, 1.54) is 44.1 Å². The molecule has 8 heteroatoms. The van der Waals surface area contributed by atoms with Crippen LogP contribution in [0.3, 0.4) is 0 Å². The summed E-state index contributed by atoms with van der Waals surface area (Å²) in [6.45, 7) is 3.83. The van der Waals surface area contributed by atoms with E-state index in [9.17, 15) is 14.4 Å². The van der Waals surface area contributed by atoms with E-state index in [4.69, 9.17) is 23.2 Å². The summed E-state index contributed by atoms with van der Waals surface area (Å²) in [7, 11) is 0. The van der Waals surface area contributed by atoms with Crippen molar-refractivity contribution >= 4 is 52.8 Å². The summed E-state index contributed by atoms with van der Waals surface area (Å²) in [6, 6.07) is 14.4. The largest absolute Gasteiger partial charge is 0.335 e. The van der Waals surface area contributed by atoms with E-state index in [-0.39, 0.29) is 11.0 Å². The number of imide groups is 2. The van der Waals surface area contributed by atoms with Crippen LogP contribution in [0.4, 0.5) is 10.5 Å². The molecule has 1 aromatic heterocycles. The second-order valence-corrected chi connectivity index (χ2v) is 13.3. The molecule has 4 amide bonds. The van der Waals surface area contributed by atoms with Crippen molar-refractivity contribution in [2.45, 2.75) is 57.8 Å². The number of rotatable bonds is 4. The van der Waals surface area contributed by atoms with E-state index in [1.807, 2.05) is 42.7 Å². The molecular formula is C33H31Cl2N3O3. The van der Waals surface area contributed by atoms with Crippen LogP contribution in [0.2, 0.25) is 10.0 Å². The van der Waals surface area contributed by atoms with Crippen LogP contribution >= 0.6 is 23.2 Å². The van der Waals surface area contributed by atoms with Crippen LogP contribution in [0.15, 0.2) is 54.1 Å². The molecule has 8 rings (SSSR count). The number of halogens is 2. The maximum Gasteiger partial charge on any atom is 0.335 e. The smallest absolute Gasteiger partial charge is 0.318 e. The number of nitrogens with zero attached hydrogens (tertiary/aromatic N) is 2. The molecule has 4 saturated carbocycles. The molecule has 3 aromatic rings. The average Bonchev–Trinajstić information content (AvgIpc) is 3.20. The zero-order valence-electron chi connectivity index (χ0n) is 23.0. The second kappa shape index (κ2) is 9.60. The van der Waals surface area contributed by atoms with Crippen molar-refractivity contribution in [1.29, 1.82) is 0 Å². The zero-order chi connectivity index (χ0) is 28.6. The number of hydrogen-bond donors (Lipinski definition) is 1. The average molecular weight is 589 g/mol. The van der Waals surface area contributed by atoms with E-state index >= 15 is 0 Å². The third-order valence-electron chi connectivity index (χ3n) is 9.81. The van der Waals surface area contributed by atoms with Gasteiger partial charge in [-0.25, -0.2) is 9.69 Å². The Morgan fingerprint density at radius 2 is 1.44 bits per heavy atom. The number of anilines is 1. The number of carbonyl (C=O) groups is 3. The van der Waals surface area contributed by atoms with Gasteiger partial charge in [-0.3, -0.25) is 14.9 Å². The summed E-state index contributed by atoms with van der Waals surface area (Å²) in [5.41, 5.74) is 5.12. The number of carbonyl (C=O) groups excluding carboxylic acids is 3. The van der Waals surface area contributed by atoms with E-state index in [1.54, 1.807) is 18.2 Å². The van der Waals surface area contributed by atoms with Gasteiger partial charge in [-0.15, -0.1) is 0 Å². The quantitative estimate of drug-likeness (QED) is 0.253. The van der Waals surface area contributed by atoms with Gasteiger partial charge in [0.05, 0.1) is 15.7 Å². The molecule has 2 heterocycles. The van der Waals surface area contributed by atoms with Crippen LogP contribution in [0, 0.1) is 31.6 Å². The molecule has 1 aliphatic heterocycles. The molecule has 4 bridgehead atoms. The molecule has 1 saturated heterocycles. The highest BCUT2D eigenvalue weighted by Crippen LogP contribution is 2.60. The number of nitrogens with one attached hydrogen (secondary N) is 1. The molecule has 5 aliphatic rings. The van der Waals surface area contributed by atoms with Crippen molar-refractivity contribution in [2.24, 2.45) is 17.8 Å². The predicted octanol–water partition coefficient (Wildman–Crippen LogP) is 7.54. The van der Waals surface area contributed by atoms with Gasteiger partial charge in [0.1, 0.15) is 5.57 Å². The van der Waals surface area contributed by atoms with Crippen molar-refractivity contribution in [1.82, 2.24) is 9.88 Å². The third-order valence-corrected chi connectivity index (χ3v) is 10.5. The van der Waals surface area contributed by atoms with Crippen LogP contribution < -0.4 is 10.2 Å². The minimum Gasteiger partial charge on any atom is -0.318 e. The third kappa shape index (κ3) is 4.34. The van der Waals surface area contributed by atoms with Crippen molar-refractivity contribution in [3.63, 3.8) is 0 Å². The molecule has 4 aliphatic carbocycles. The first-order valence-electron chi connectivity index (χ1n) is 14.3. The fourth-order valence-electron chi connectivity index (χ4n) is 8.43. The minimum atomic E-state index is -0.735. The Morgan fingerprint density at radius 3 is 2.05 bits per heavy atom. The lowest BCUT2D eigenvalue weighted by atomic mass is 9.48. The maximum atomic E-state index is 13.7. The Labute approximate surface area is 249 Å². The molecule has 0 unspecified atom stereocenters. The summed E-state index contributed by atoms with van der Waals surface area (Å²) >= 11 is 12.4. The Bertz CT molecular complexity index is 1620. The standard InChI is InChI=1S/C33H31Cl2N3O3/c1-18-9-23(19(2)37(18)26-7-8-28(34)29(35)14-26)13-27-30(39)36-32(41)38(31(27)40)25-5-3-24(4-6-25)33-15-20-10-21(16-33)12-22(11-20)17-33/h3-9,13-14,20-22H,10-12,15-17H2,1-2H3,(H,36,39,41)/b27-13-. The molecule has 0 spiro atoms. The lowest BCUT2D eigenvalue weighted by Crippen LogP contribution is -2.54. The number of aromatic nitrogens is 1. The Morgan fingerprint density at radius 1 is 0.829 bits per heavy atom. The molecule has 41 heavy (non-hydrogen) atoms. The summed E-state index contributed by atoms with van der Waals surface area (Å²) in [6.07, 6.45) is 9.39. The molecule has 0 radical (unpaired) electrons. The first-order chi connectivity index (χ1) is 19.6. The van der Waals surface area contributed by atoms with Gasteiger partial charge in [-0.1, -0.05) is 35.3 Å². The van der Waals surface area contributed by atoms with Gasteiger partial charge < -0.3 is 4.57 Å². The first kappa shape index (κ1) is 26.5. The number of urea groups is 1. The highest BCUT2D eigenvalue weighted by atomic mass is 35.5. The fourth-order valence-corrected chi connectivity index (χ4v) is 8.72. The lowest BCUT2D eigenvalue weighted by Gasteiger charge is -2.57. The SMILES string of the molecule is Cc1cc(/C=C2/C(=O)NC(=O)N(c3ccc(C45CC6CC(CC(C6)C4)C5)cc3)C2=O)c(C)n1-c1ccc(Cl)c(Cl)c1. The van der Waals surface area contributed by atoms with Gasteiger partial charge in [-0.05, 0) is 129 Å². The summed E-state index contributed by atoms with van der Waals surface area (Å²) < 4.78 is 1.98. The Hall–Kier alpha value is -3.35. The fraction of sp³-hybridized carbons (Fsp3) is 0.364. The number of aryl methyl sites for hydroxylation is 1. The van der Waals surface area contributed by atoms with Gasteiger partial charge in [0, 0.05) is 17.1 Å². The van der Waals surface area contributed by atoms with Crippen LogP contribution in [0.1, 0.15) is 61.0 Å². The van der Waals surface area contributed by atoms with Crippen LogP contribution in [0.25, 0.3) is 11.8 Å². The number of hydrogen-bond acceptors (Lipinski definition) is 3. The number of barbiturate groups is 1. The van der Waals surface area contributed by atoms with Gasteiger partial charge in [-0.2, -0.15) is 0 Å². The molecule has 210 valence electrons. The molecule has 5 fully saturated rings. The Kier molecular flexibility index (Phi) is 6.22. The Balaban J connectivity index is 1.19. The predicted molar refractivity (Wildman–Crippen MR) is 161 cm³/mol. The van der Waals surface area contributed by atoms with Crippen molar-refractivity contribution < 1.29 is 14.4 Å². The minimum absolute atomic E-state index is 0.0934. The van der Waals surface area contributed by atoms with E-state index in [2.05, 4.69) is 17.4 Å². The highest BCUT2D eigenvalue weighted by molar-refractivity contribution is 6.42. The van der Waals surface area contributed by atoms with Crippen molar-refractivity contribution in [3.05, 3.63) is 86.7 Å².